The lowest BCUT2D eigenvalue weighted by molar-refractivity contribution is -0.122. The number of amides is 1. The average molecular weight is 403 g/mol. The van der Waals surface area contributed by atoms with Crippen LogP contribution in [0.4, 0.5) is 5.69 Å². The Kier molecular flexibility index (Phi) is 7.22. The topological polar surface area (TPSA) is 64.6 Å². The summed E-state index contributed by atoms with van der Waals surface area (Å²) in [4.78, 5) is 24.5. The summed E-state index contributed by atoms with van der Waals surface area (Å²) in [5, 5.41) is 2.78. The molecule has 3 aromatic rings. The minimum Gasteiger partial charge on any atom is -0.481 e. The van der Waals surface area contributed by atoms with Gasteiger partial charge in [-0.05, 0) is 54.8 Å². The monoisotopic (exact) mass is 403 g/mol. The second-order valence-electron chi connectivity index (χ2n) is 6.86. The molecule has 0 aliphatic carbocycles. The number of carbonyl (C=O) groups is 2. The highest BCUT2D eigenvalue weighted by molar-refractivity contribution is 5.96. The van der Waals surface area contributed by atoms with Crippen molar-refractivity contribution in [2.45, 2.75) is 26.4 Å². The van der Waals surface area contributed by atoms with E-state index in [1.165, 1.54) is 0 Å². The number of nitrogens with one attached hydrogen (secondary N) is 1. The van der Waals surface area contributed by atoms with Crippen LogP contribution in [0, 0.1) is 0 Å². The average Bonchev–Trinajstić information content (AvgIpc) is 2.78. The first-order valence-corrected chi connectivity index (χ1v) is 9.97. The summed E-state index contributed by atoms with van der Waals surface area (Å²) < 4.78 is 10.9. The van der Waals surface area contributed by atoms with Crippen molar-refractivity contribution in [2.75, 3.05) is 11.9 Å². The normalized spacial score (nSPS) is 11.4. The molecule has 1 N–H and O–H groups in total. The molecule has 1 unspecified atom stereocenters. The second-order valence-corrected chi connectivity index (χ2v) is 6.86. The lowest BCUT2D eigenvalue weighted by atomic mass is 10.1. The van der Waals surface area contributed by atoms with Gasteiger partial charge in [-0.25, -0.2) is 4.79 Å². The predicted molar refractivity (Wildman–Crippen MR) is 118 cm³/mol. The molecule has 0 bridgehead atoms. The van der Waals surface area contributed by atoms with Gasteiger partial charge in [0.2, 0.25) is 0 Å². The van der Waals surface area contributed by atoms with Crippen molar-refractivity contribution in [3.63, 3.8) is 0 Å². The van der Waals surface area contributed by atoms with Gasteiger partial charge in [-0.1, -0.05) is 55.5 Å². The van der Waals surface area contributed by atoms with Crippen molar-refractivity contribution in [3.05, 3.63) is 84.4 Å². The maximum absolute atomic E-state index is 12.5. The Morgan fingerprint density at radius 2 is 1.60 bits per heavy atom. The summed E-state index contributed by atoms with van der Waals surface area (Å²) in [5.74, 6) is -0.105. The molecule has 3 rings (SSSR count). The standard InChI is InChI=1S/C25H25NO4/c1-3-16-29-25(28)21-10-7-11-22(17-21)26-24(27)18(2)30-23-14-12-20(13-15-23)19-8-5-4-6-9-19/h4-15,17-18H,3,16H2,1-2H3,(H,26,27). The third kappa shape index (κ3) is 5.70. The number of esters is 1. The number of hydrogen-bond acceptors (Lipinski definition) is 4. The highest BCUT2D eigenvalue weighted by Gasteiger charge is 2.16. The summed E-state index contributed by atoms with van der Waals surface area (Å²) in [6, 6.07) is 24.3. The molecule has 0 spiro atoms. The van der Waals surface area contributed by atoms with Crippen LogP contribution in [0.2, 0.25) is 0 Å². The number of rotatable bonds is 8. The van der Waals surface area contributed by atoms with E-state index in [9.17, 15) is 9.59 Å². The van der Waals surface area contributed by atoms with Gasteiger partial charge in [-0.3, -0.25) is 4.79 Å². The van der Waals surface area contributed by atoms with Crippen molar-refractivity contribution < 1.29 is 19.1 Å². The van der Waals surface area contributed by atoms with E-state index in [1.807, 2.05) is 61.5 Å². The van der Waals surface area contributed by atoms with Crippen LogP contribution in [0.1, 0.15) is 30.6 Å². The minimum absolute atomic E-state index is 0.304. The number of ether oxygens (including phenoxy) is 2. The van der Waals surface area contributed by atoms with Crippen molar-refractivity contribution in [1.82, 2.24) is 0 Å². The Labute approximate surface area is 176 Å². The van der Waals surface area contributed by atoms with Crippen LogP contribution >= 0.6 is 0 Å². The van der Waals surface area contributed by atoms with Crippen LogP contribution in [0.5, 0.6) is 5.75 Å². The fourth-order valence-electron chi connectivity index (χ4n) is 2.86. The molecular formula is C25H25NO4. The molecule has 0 aliphatic heterocycles. The van der Waals surface area contributed by atoms with Crippen LogP contribution in [0.25, 0.3) is 11.1 Å². The molecule has 5 heteroatoms. The smallest absolute Gasteiger partial charge is 0.338 e. The van der Waals surface area contributed by atoms with Crippen LogP contribution in [0.3, 0.4) is 0 Å². The van der Waals surface area contributed by atoms with Gasteiger partial charge in [0, 0.05) is 5.69 Å². The van der Waals surface area contributed by atoms with Crippen molar-refractivity contribution in [1.29, 1.82) is 0 Å². The molecule has 0 fully saturated rings. The molecule has 30 heavy (non-hydrogen) atoms. The summed E-state index contributed by atoms with van der Waals surface area (Å²) >= 11 is 0. The quantitative estimate of drug-likeness (QED) is 0.517. The largest absolute Gasteiger partial charge is 0.481 e. The van der Waals surface area contributed by atoms with Crippen molar-refractivity contribution in [2.24, 2.45) is 0 Å². The first kappa shape index (κ1) is 21.1. The van der Waals surface area contributed by atoms with Gasteiger partial charge in [0.15, 0.2) is 6.10 Å². The molecule has 3 aromatic carbocycles. The van der Waals surface area contributed by atoms with Crippen LogP contribution < -0.4 is 10.1 Å². The zero-order valence-electron chi connectivity index (χ0n) is 17.1. The molecule has 0 radical (unpaired) electrons. The first-order valence-electron chi connectivity index (χ1n) is 9.97. The molecule has 1 atom stereocenters. The van der Waals surface area contributed by atoms with Crippen LogP contribution in [-0.2, 0) is 9.53 Å². The van der Waals surface area contributed by atoms with Crippen molar-refractivity contribution >= 4 is 17.6 Å². The maximum atomic E-state index is 12.5. The second kappa shape index (κ2) is 10.3. The summed E-state index contributed by atoms with van der Waals surface area (Å²) in [6.45, 7) is 3.98. The Hall–Kier alpha value is -3.60. The van der Waals surface area contributed by atoms with E-state index in [0.717, 1.165) is 17.5 Å². The molecule has 0 heterocycles. The molecule has 5 nitrogen and oxygen atoms in total. The lowest BCUT2D eigenvalue weighted by Gasteiger charge is -2.15. The predicted octanol–water partition coefficient (Wildman–Crippen LogP) is 5.33. The number of anilines is 1. The molecule has 0 saturated heterocycles. The fraction of sp³-hybridized carbons (Fsp3) is 0.200. The molecule has 1 amide bonds. The molecule has 154 valence electrons. The highest BCUT2D eigenvalue weighted by atomic mass is 16.5. The fourth-order valence-corrected chi connectivity index (χ4v) is 2.86. The van der Waals surface area contributed by atoms with Gasteiger partial charge in [-0.2, -0.15) is 0 Å². The molecule has 0 aliphatic rings. The van der Waals surface area contributed by atoms with E-state index in [1.54, 1.807) is 31.2 Å². The van der Waals surface area contributed by atoms with Gasteiger partial charge >= 0.3 is 5.97 Å². The third-order valence-electron chi connectivity index (χ3n) is 4.45. The zero-order valence-corrected chi connectivity index (χ0v) is 17.1. The molecule has 0 aromatic heterocycles. The number of carbonyl (C=O) groups excluding carboxylic acids is 2. The highest BCUT2D eigenvalue weighted by Crippen LogP contribution is 2.23. The van der Waals surface area contributed by atoms with E-state index in [4.69, 9.17) is 9.47 Å². The Bertz CT molecular complexity index is 984. The Morgan fingerprint density at radius 3 is 2.30 bits per heavy atom. The lowest BCUT2D eigenvalue weighted by Crippen LogP contribution is -2.30. The molecule has 0 saturated carbocycles. The van der Waals surface area contributed by atoms with Gasteiger partial charge in [0.25, 0.3) is 5.91 Å². The number of hydrogen-bond donors (Lipinski definition) is 1. The van der Waals surface area contributed by atoms with E-state index < -0.39 is 12.1 Å². The van der Waals surface area contributed by atoms with Crippen molar-refractivity contribution in [3.8, 4) is 16.9 Å². The third-order valence-corrected chi connectivity index (χ3v) is 4.45. The van der Waals surface area contributed by atoms with E-state index in [0.29, 0.717) is 23.6 Å². The van der Waals surface area contributed by atoms with Gasteiger partial charge in [0.1, 0.15) is 5.75 Å². The van der Waals surface area contributed by atoms with E-state index in [2.05, 4.69) is 5.32 Å². The number of benzene rings is 3. The Balaban J connectivity index is 1.59. The van der Waals surface area contributed by atoms with Gasteiger partial charge < -0.3 is 14.8 Å². The Morgan fingerprint density at radius 1 is 0.900 bits per heavy atom. The minimum atomic E-state index is -0.705. The summed E-state index contributed by atoms with van der Waals surface area (Å²) in [6.07, 6.45) is 0.0480. The van der Waals surface area contributed by atoms with Gasteiger partial charge in [0.05, 0.1) is 12.2 Å². The maximum Gasteiger partial charge on any atom is 0.338 e. The zero-order chi connectivity index (χ0) is 21.3. The molecular weight excluding hydrogens is 378 g/mol. The summed E-state index contributed by atoms with van der Waals surface area (Å²) in [7, 11) is 0. The van der Waals surface area contributed by atoms with Gasteiger partial charge in [-0.15, -0.1) is 0 Å². The first-order chi connectivity index (χ1) is 14.6. The van der Waals surface area contributed by atoms with Crippen LogP contribution in [0.15, 0.2) is 78.9 Å². The van der Waals surface area contributed by atoms with Crippen LogP contribution in [-0.4, -0.2) is 24.6 Å². The van der Waals surface area contributed by atoms with E-state index in [-0.39, 0.29) is 5.91 Å². The van der Waals surface area contributed by atoms with E-state index >= 15 is 0 Å². The SMILES string of the molecule is CCCOC(=O)c1cccc(NC(=O)C(C)Oc2ccc(-c3ccccc3)cc2)c1. The summed E-state index contributed by atoms with van der Waals surface area (Å²) in [5.41, 5.74) is 3.10.